The highest BCUT2D eigenvalue weighted by atomic mass is 16.6. The zero-order valence-corrected chi connectivity index (χ0v) is 23.4. The highest BCUT2D eigenvalue weighted by Crippen LogP contribution is 2.34. The number of alkyl carbamates (subject to hydrolysis) is 1. The third-order valence-electron chi connectivity index (χ3n) is 5.63. The fraction of sp³-hybridized carbons (Fsp3) is 0.310. The number of nitrogens with one attached hydrogen (secondary N) is 3. The average Bonchev–Trinajstić information content (AvgIpc) is 2.94. The van der Waals surface area contributed by atoms with E-state index in [1.54, 1.807) is 63.2 Å². The molecule has 0 spiro atoms. The normalized spacial score (nSPS) is 12.3. The van der Waals surface area contributed by atoms with Crippen molar-refractivity contribution in [2.24, 2.45) is 0 Å². The van der Waals surface area contributed by atoms with Crippen molar-refractivity contribution in [1.29, 1.82) is 0 Å². The van der Waals surface area contributed by atoms with E-state index in [2.05, 4.69) is 20.9 Å². The molecule has 12 nitrogen and oxygen atoms in total. The first-order chi connectivity index (χ1) is 19.6. The number of nitrogens with zero attached hydrogens (tertiary/aromatic N) is 2. The topological polar surface area (TPSA) is 140 Å². The van der Waals surface area contributed by atoms with Crippen molar-refractivity contribution in [2.75, 3.05) is 48.9 Å². The lowest BCUT2D eigenvalue weighted by molar-refractivity contribution is 0.0519. The molecule has 0 radical (unpaired) electrons. The molecule has 0 saturated heterocycles. The van der Waals surface area contributed by atoms with Crippen LogP contribution >= 0.6 is 0 Å². The quantitative estimate of drug-likeness (QED) is 0.257. The Morgan fingerprint density at radius 3 is 2.56 bits per heavy atom. The van der Waals surface area contributed by atoms with E-state index in [1.165, 1.54) is 12.0 Å². The number of amides is 3. The van der Waals surface area contributed by atoms with Gasteiger partial charge < -0.3 is 34.9 Å². The number of anilines is 4. The molecule has 0 fully saturated rings. The largest absolute Gasteiger partial charge is 0.490 e. The summed E-state index contributed by atoms with van der Waals surface area (Å²) in [6.45, 7) is 6.27. The molecule has 3 N–H and O–H groups in total. The fourth-order valence-electron chi connectivity index (χ4n) is 3.84. The van der Waals surface area contributed by atoms with Crippen molar-refractivity contribution in [3.8, 4) is 11.5 Å². The maximum atomic E-state index is 13.1. The Kier molecular flexibility index (Phi) is 9.12. The lowest BCUT2D eigenvalue weighted by Crippen LogP contribution is -2.41. The molecule has 0 aliphatic carbocycles. The number of para-hydroxylation sites is 1. The number of ether oxygens (including phenoxy) is 4. The number of carbonyl (C=O) groups excluding carboxylic acids is 3. The maximum absolute atomic E-state index is 13.1. The first kappa shape index (κ1) is 29.0. The zero-order valence-electron chi connectivity index (χ0n) is 23.4. The van der Waals surface area contributed by atoms with Gasteiger partial charge in [-0.05, 0) is 63.2 Å². The van der Waals surface area contributed by atoms with Gasteiger partial charge in [0.15, 0.2) is 11.6 Å². The standard InChI is InChI=1S/C29H33N5O7/c1-29(2,3)41-28(37)30-14-16-39-22-11-10-19(26(35)38-4)18-21(22)32-24-13-12-23-25(33-24)34(15-17-40-23)27(36)31-20-8-6-5-7-9-20/h5-13,18H,14-17H2,1-4H3,(H,30,37)(H,31,36)(H,32,33). The first-order valence-corrected chi connectivity index (χ1v) is 13.0. The van der Waals surface area contributed by atoms with Crippen LogP contribution in [0.15, 0.2) is 60.7 Å². The predicted octanol–water partition coefficient (Wildman–Crippen LogP) is 4.95. The molecule has 216 valence electrons. The van der Waals surface area contributed by atoms with Crippen molar-refractivity contribution in [2.45, 2.75) is 26.4 Å². The monoisotopic (exact) mass is 563 g/mol. The van der Waals surface area contributed by atoms with Crippen molar-refractivity contribution in [3.05, 3.63) is 66.2 Å². The van der Waals surface area contributed by atoms with Gasteiger partial charge in [-0.25, -0.2) is 19.4 Å². The lowest BCUT2D eigenvalue weighted by atomic mass is 10.2. The molecule has 2 heterocycles. The van der Waals surface area contributed by atoms with Crippen LogP contribution in [0.5, 0.6) is 11.5 Å². The highest BCUT2D eigenvalue weighted by Gasteiger charge is 2.26. The predicted molar refractivity (Wildman–Crippen MR) is 153 cm³/mol. The van der Waals surface area contributed by atoms with Gasteiger partial charge in [0.25, 0.3) is 0 Å². The van der Waals surface area contributed by atoms with E-state index in [4.69, 9.17) is 18.9 Å². The minimum Gasteiger partial charge on any atom is -0.490 e. The number of aromatic nitrogens is 1. The molecule has 4 rings (SSSR count). The van der Waals surface area contributed by atoms with Gasteiger partial charge in [-0.3, -0.25) is 4.90 Å². The lowest BCUT2D eigenvalue weighted by Gasteiger charge is -2.29. The summed E-state index contributed by atoms with van der Waals surface area (Å²) in [5.41, 5.74) is 0.757. The summed E-state index contributed by atoms with van der Waals surface area (Å²) in [5, 5.41) is 8.66. The molecule has 0 bridgehead atoms. The van der Waals surface area contributed by atoms with Gasteiger partial charge in [-0.15, -0.1) is 0 Å². The van der Waals surface area contributed by atoms with E-state index < -0.39 is 17.7 Å². The molecule has 3 amide bonds. The Labute approximate surface area is 237 Å². The van der Waals surface area contributed by atoms with Gasteiger partial charge in [0.05, 0.1) is 31.5 Å². The number of hydrogen-bond acceptors (Lipinski definition) is 9. The van der Waals surface area contributed by atoms with E-state index in [9.17, 15) is 14.4 Å². The smallest absolute Gasteiger partial charge is 0.407 e. The number of hydrogen-bond donors (Lipinski definition) is 3. The van der Waals surface area contributed by atoms with E-state index in [1.807, 2.05) is 18.2 Å². The number of pyridine rings is 1. The number of methoxy groups -OCH3 is 1. The molecule has 0 atom stereocenters. The van der Waals surface area contributed by atoms with Crippen LogP contribution in [0.1, 0.15) is 31.1 Å². The minimum absolute atomic E-state index is 0.129. The van der Waals surface area contributed by atoms with Gasteiger partial charge in [0.2, 0.25) is 0 Å². The summed E-state index contributed by atoms with van der Waals surface area (Å²) < 4.78 is 21.7. The van der Waals surface area contributed by atoms with Crippen molar-refractivity contribution in [1.82, 2.24) is 10.3 Å². The Morgan fingerprint density at radius 1 is 1.05 bits per heavy atom. The average molecular weight is 564 g/mol. The van der Waals surface area contributed by atoms with Crippen LogP contribution in [0, 0.1) is 0 Å². The second-order valence-electron chi connectivity index (χ2n) is 9.92. The van der Waals surface area contributed by atoms with Gasteiger partial charge >= 0.3 is 18.1 Å². The molecule has 0 unspecified atom stereocenters. The van der Waals surface area contributed by atoms with E-state index >= 15 is 0 Å². The number of esters is 1. The zero-order chi connectivity index (χ0) is 29.4. The molecule has 12 heteroatoms. The highest BCUT2D eigenvalue weighted by molar-refractivity contribution is 6.02. The number of carbonyl (C=O) groups is 3. The van der Waals surface area contributed by atoms with Crippen LogP contribution in [-0.4, -0.2) is 62.1 Å². The first-order valence-electron chi connectivity index (χ1n) is 13.0. The fourth-order valence-corrected chi connectivity index (χ4v) is 3.84. The summed E-state index contributed by atoms with van der Waals surface area (Å²) in [5.74, 6) is 1.05. The molecule has 0 saturated carbocycles. The van der Waals surface area contributed by atoms with Crippen LogP contribution in [0.25, 0.3) is 0 Å². The second kappa shape index (κ2) is 12.9. The number of rotatable bonds is 8. The summed E-state index contributed by atoms with van der Waals surface area (Å²) in [4.78, 5) is 43.3. The van der Waals surface area contributed by atoms with Gasteiger partial charge in [0.1, 0.15) is 30.4 Å². The third-order valence-corrected chi connectivity index (χ3v) is 5.63. The van der Waals surface area contributed by atoms with Crippen LogP contribution in [0.3, 0.4) is 0 Å². The molecule has 1 aliphatic rings. The summed E-state index contributed by atoms with van der Waals surface area (Å²) in [6.07, 6.45) is -0.554. The number of benzene rings is 2. The molecular formula is C29H33N5O7. The van der Waals surface area contributed by atoms with E-state index in [0.29, 0.717) is 53.2 Å². The minimum atomic E-state index is -0.615. The van der Waals surface area contributed by atoms with E-state index in [0.717, 1.165) is 0 Å². The summed E-state index contributed by atoms with van der Waals surface area (Å²) in [6, 6.07) is 16.9. The van der Waals surface area contributed by atoms with Crippen molar-refractivity contribution in [3.63, 3.8) is 0 Å². The van der Waals surface area contributed by atoms with Gasteiger partial charge in [-0.2, -0.15) is 0 Å². The third kappa shape index (κ3) is 8.01. The van der Waals surface area contributed by atoms with Gasteiger partial charge in [0, 0.05) is 5.69 Å². The number of urea groups is 1. The summed E-state index contributed by atoms with van der Waals surface area (Å²) >= 11 is 0. The van der Waals surface area contributed by atoms with Crippen LogP contribution in [-0.2, 0) is 9.47 Å². The Hall–Kier alpha value is -5.00. The van der Waals surface area contributed by atoms with E-state index in [-0.39, 0.29) is 19.2 Å². The van der Waals surface area contributed by atoms with Gasteiger partial charge in [-0.1, -0.05) is 18.2 Å². The Bertz CT molecular complexity index is 1390. The number of fused-ring (bicyclic) bond motifs is 1. The van der Waals surface area contributed by atoms with Crippen molar-refractivity contribution < 1.29 is 33.3 Å². The van der Waals surface area contributed by atoms with Crippen LogP contribution in [0.2, 0.25) is 0 Å². The SMILES string of the molecule is COC(=O)c1ccc(OCCNC(=O)OC(C)(C)C)c(Nc2ccc3c(n2)N(C(=O)Nc2ccccc2)CCO3)c1. The second-order valence-corrected chi connectivity index (χ2v) is 9.92. The molecular weight excluding hydrogens is 530 g/mol. The molecule has 41 heavy (non-hydrogen) atoms. The van der Waals surface area contributed by atoms with Crippen LogP contribution in [0.4, 0.5) is 32.6 Å². The van der Waals surface area contributed by atoms with Crippen molar-refractivity contribution >= 4 is 41.1 Å². The summed E-state index contributed by atoms with van der Waals surface area (Å²) in [7, 11) is 1.29. The Balaban J connectivity index is 1.51. The Morgan fingerprint density at radius 2 is 1.83 bits per heavy atom. The molecule has 1 aromatic heterocycles. The van der Waals surface area contributed by atoms with Crippen LogP contribution < -0.4 is 30.3 Å². The molecule has 2 aromatic carbocycles. The molecule has 1 aliphatic heterocycles. The molecule has 3 aromatic rings. The maximum Gasteiger partial charge on any atom is 0.407 e.